The monoisotopic (exact) mass is 1210 g/mol. The van der Waals surface area contributed by atoms with Gasteiger partial charge < -0.3 is 20.1 Å². The summed E-state index contributed by atoms with van der Waals surface area (Å²) in [6.45, 7) is 3.65. The fraction of sp³-hybridized carbons (Fsp3) is 0.733. The Labute approximate surface area is 524 Å². The molecule has 0 saturated heterocycles. The van der Waals surface area contributed by atoms with Gasteiger partial charge in [-0.1, -0.05) is 316 Å². The molecule has 0 aromatic heterocycles. The van der Waals surface area contributed by atoms with Crippen LogP contribution in [0.2, 0.25) is 0 Å². The zero-order chi connectivity index (χ0) is 61.6. The van der Waals surface area contributed by atoms with Crippen LogP contribution in [0.3, 0.4) is 0 Å². The second kappa shape index (κ2) is 69.8. The maximum atomic E-state index is 12.8. The Morgan fingerprint density at radius 2 is 0.647 bits per heavy atom. The van der Waals surface area contributed by atoms with E-state index in [2.05, 4.69) is 123 Å². The van der Waals surface area contributed by atoms with Gasteiger partial charge in [-0.15, -0.1) is 0 Å². The number of nitrogens with two attached hydrogens (primary N) is 1. The average molecular weight is 1210 g/mol. The van der Waals surface area contributed by atoms with Crippen molar-refractivity contribution in [2.75, 3.05) is 26.4 Å². The maximum Gasteiger partial charge on any atom is 0.472 e. The van der Waals surface area contributed by atoms with E-state index in [1.54, 1.807) is 0 Å². The van der Waals surface area contributed by atoms with Gasteiger partial charge in [0, 0.05) is 19.4 Å². The molecule has 0 aromatic carbocycles. The molecule has 0 aliphatic heterocycles. The molecule has 9 nitrogen and oxygen atoms in total. The second-order valence-electron chi connectivity index (χ2n) is 23.4. The molecule has 0 aliphatic carbocycles. The molecule has 490 valence electrons. The van der Waals surface area contributed by atoms with E-state index in [9.17, 15) is 19.0 Å². The van der Waals surface area contributed by atoms with Crippen molar-refractivity contribution < 1.29 is 37.6 Å². The highest BCUT2D eigenvalue weighted by atomic mass is 31.2. The van der Waals surface area contributed by atoms with E-state index < -0.39 is 26.5 Å². The number of carbonyl (C=O) groups is 2. The van der Waals surface area contributed by atoms with Crippen molar-refractivity contribution in [1.82, 2.24) is 0 Å². The minimum atomic E-state index is -4.40. The molecule has 2 atom stereocenters. The van der Waals surface area contributed by atoms with Crippen LogP contribution in [0.4, 0.5) is 0 Å². The Bertz CT molecular complexity index is 1760. The lowest BCUT2D eigenvalue weighted by Gasteiger charge is -2.19. The van der Waals surface area contributed by atoms with Crippen molar-refractivity contribution in [1.29, 1.82) is 0 Å². The lowest BCUT2D eigenvalue weighted by atomic mass is 10.0. The summed E-state index contributed by atoms with van der Waals surface area (Å²) >= 11 is 0. The smallest absolute Gasteiger partial charge is 0.462 e. The largest absolute Gasteiger partial charge is 0.472 e. The molecule has 10 heteroatoms. The Morgan fingerprint density at radius 3 is 0.965 bits per heavy atom. The first-order valence-corrected chi connectivity index (χ1v) is 36.9. The number of rotatable bonds is 66. The van der Waals surface area contributed by atoms with Gasteiger partial charge in [-0.2, -0.15) is 0 Å². The van der Waals surface area contributed by atoms with Crippen molar-refractivity contribution in [2.45, 2.75) is 328 Å². The van der Waals surface area contributed by atoms with Gasteiger partial charge in [0.2, 0.25) is 0 Å². The fourth-order valence-corrected chi connectivity index (χ4v) is 10.7. The third kappa shape index (κ3) is 69.6. The van der Waals surface area contributed by atoms with E-state index >= 15 is 0 Å². The summed E-state index contributed by atoms with van der Waals surface area (Å²) in [5, 5.41) is 0. The number of phosphoric ester groups is 1. The molecule has 0 aromatic rings. The van der Waals surface area contributed by atoms with Crippen LogP contribution in [0.25, 0.3) is 0 Å². The molecule has 0 aliphatic rings. The van der Waals surface area contributed by atoms with E-state index in [0.717, 1.165) is 89.9 Å². The Balaban J connectivity index is 3.84. The summed E-state index contributed by atoms with van der Waals surface area (Å²) in [6.07, 6.45) is 96.1. The highest BCUT2D eigenvalue weighted by molar-refractivity contribution is 7.47. The predicted octanol–water partition coefficient (Wildman–Crippen LogP) is 23.3. The normalized spacial score (nSPS) is 13.6. The van der Waals surface area contributed by atoms with Gasteiger partial charge in [-0.05, 0) is 103 Å². The highest BCUT2D eigenvalue weighted by Gasteiger charge is 2.26. The van der Waals surface area contributed by atoms with Crippen molar-refractivity contribution >= 4 is 19.8 Å². The SMILES string of the molecule is CC/C=C\C/C=C\C/C=C\C/C=C\C/C=C\C/C=C\C/C=C\CCCCCCCCCCCCCCCCCCCCCC(=O)OC(COC(=O)CCCCCCCCCCCCC/C=C\C/C=C\CCCCCCC)COP(=O)(O)OCCN. The first kappa shape index (κ1) is 81.7. The summed E-state index contributed by atoms with van der Waals surface area (Å²) in [5.41, 5.74) is 5.40. The van der Waals surface area contributed by atoms with Crippen molar-refractivity contribution in [2.24, 2.45) is 5.73 Å². The Kier molecular flexibility index (Phi) is 67.0. The molecule has 0 fully saturated rings. The third-order valence-electron chi connectivity index (χ3n) is 15.1. The summed E-state index contributed by atoms with van der Waals surface area (Å²) in [5.74, 6) is -0.820. The summed E-state index contributed by atoms with van der Waals surface area (Å²) in [6, 6.07) is 0. The van der Waals surface area contributed by atoms with Crippen LogP contribution in [0.1, 0.15) is 322 Å². The number of hydrogen-bond donors (Lipinski definition) is 2. The number of phosphoric acid groups is 1. The number of hydrogen-bond acceptors (Lipinski definition) is 8. The molecule has 2 unspecified atom stereocenters. The van der Waals surface area contributed by atoms with Crippen LogP contribution in [0.5, 0.6) is 0 Å². The first-order chi connectivity index (χ1) is 41.8. The standard InChI is InChI=1S/C75H132NO8P/c1-3-5-7-9-11-13-15-17-19-21-23-25-27-28-29-30-31-32-33-34-35-36-37-38-39-40-41-42-43-44-46-48-50-52-54-56-58-60-62-64-66-68-75(78)84-73(72-83-85(79,80)82-70-69-76)71-81-74(77)67-65-63-61-59-57-55-53-51-49-47-45-26-24-22-20-18-16-14-12-10-8-6-4-2/h5,7,11,13,16-19,22-25,28-29,31-32,34-35,73H,3-4,6,8-10,12,14-15,20-21,26-27,30,33,36-72,76H2,1-2H3,(H,79,80)/b7-5-,13-11-,18-16-,19-17-,24-22-,25-23-,29-28-,32-31-,35-34-. The van der Waals surface area contributed by atoms with Gasteiger partial charge >= 0.3 is 19.8 Å². The van der Waals surface area contributed by atoms with Gasteiger partial charge in [0.1, 0.15) is 6.61 Å². The van der Waals surface area contributed by atoms with E-state index in [4.69, 9.17) is 24.3 Å². The molecule has 0 rings (SSSR count). The average Bonchev–Trinajstić information content (AvgIpc) is 3.52. The van der Waals surface area contributed by atoms with Crippen LogP contribution in [0, 0.1) is 0 Å². The van der Waals surface area contributed by atoms with Crippen molar-refractivity contribution in [3.05, 3.63) is 109 Å². The van der Waals surface area contributed by atoms with Crippen LogP contribution >= 0.6 is 7.82 Å². The lowest BCUT2D eigenvalue weighted by molar-refractivity contribution is -0.161. The van der Waals surface area contributed by atoms with E-state index in [1.165, 1.54) is 199 Å². The molecule has 3 N–H and O–H groups in total. The fourth-order valence-electron chi connectivity index (χ4n) is 9.94. The zero-order valence-electron chi connectivity index (χ0n) is 55.1. The van der Waals surface area contributed by atoms with E-state index in [-0.39, 0.29) is 38.6 Å². The Hall–Kier alpha value is -3.33. The first-order valence-electron chi connectivity index (χ1n) is 35.4. The van der Waals surface area contributed by atoms with Gasteiger partial charge in [0.25, 0.3) is 0 Å². The van der Waals surface area contributed by atoms with Gasteiger partial charge in [0.15, 0.2) is 6.10 Å². The van der Waals surface area contributed by atoms with Crippen LogP contribution in [0.15, 0.2) is 109 Å². The van der Waals surface area contributed by atoms with E-state index in [0.29, 0.717) is 6.42 Å². The quantitative estimate of drug-likeness (QED) is 0.0264. The molecule has 0 amide bonds. The van der Waals surface area contributed by atoms with Crippen molar-refractivity contribution in [3.8, 4) is 0 Å². The summed E-state index contributed by atoms with van der Waals surface area (Å²) in [4.78, 5) is 35.3. The lowest BCUT2D eigenvalue weighted by Crippen LogP contribution is -2.29. The molecular weight excluding hydrogens is 1070 g/mol. The molecule has 85 heavy (non-hydrogen) atoms. The number of carbonyl (C=O) groups excluding carboxylic acids is 2. The topological polar surface area (TPSA) is 134 Å². The zero-order valence-corrected chi connectivity index (χ0v) is 56.0. The van der Waals surface area contributed by atoms with Gasteiger partial charge in [-0.25, -0.2) is 4.57 Å². The van der Waals surface area contributed by atoms with Crippen LogP contribution < -0.4 is 5.73 Å². The summed E-state index contributed by atoms with van der Waals surface area (Å²) in [7, 11) is -4.40. The highest BCUT2D eigenvalue weighted by Crippen LogP contribution is 2.43. The molecule has 0 spiro atoms. The molecule has 0 radical (unpaired) electrons. The predicted molar refractivity (Wildman–Crippen MR) is 367 cm³/mol. The number of allylic oxidation sites excluding steroid dienone is 18. The number of esters is 2. The molecule has 0 heterocycles. The second-order valence-corrected chi connectivity index (χ2v) is 24.8. The van der Waals surface area contributed by atoms with Crippen LogP contribution in [-0.4, -0.2) is 49.3 Å². The summed E-state index contributed by atoms with van der Waals surface area (Å²) < 4.78 is 33.2. The molecule has 0 bridgehead atoms. The minimum absolute atomic E-state index is 0.0513. The Morgan fingerprint density at radius 1 is 0.365 bits per heavy atom. The van der Waals surface area contributed by atoms with Crippen molar-refractivity contribution in [3.63, 3.8) is 0 Å². The maximum absolute atomic E-state index is 12.8. The minimum Gasteiger partial charge on any atom is -0.462 e. The number of unbranched alkanes of at least 4 members (excludes halogenated alkanes) is 35. The van der Waals surface area contributed by atoms with E-state index in [1.807, 2.05) is 0 Å². The van der Waals surface area contributed by atoms with Gasteiger partial charge in [0.05, 0.1) is 13.2 Å². The third-order valence-corrected chi connectivity index (χ3v) is 16.1. The van der Waals surface area contributed by atoms with Gasteiger partial charge in [-0.3, -0.25) is 18.6 Å². The molecule has 0 saturated carbocycles. The van der Waals surface area contributed by atoms with Crippen LogP contribution in [-0.2, 0) is 32.7 Å². The number of ether oxygens (including phenoxy) is 2. The molecular formula is C75H132NO8P.